The molecule has 0 bridgehead atoms. The lowest BCUT2D eigenvalue weighted by Crippen LogP contribution is -2.46. The summed E-state index contributed by atoms with van der Waals surface area (Å²) in [5.74, 6) is -4.38. The number of halogens is 3. The molecule has 1 fully saturated rings. The van der Waals surface area contributed by atoms with Crippen LogP contribution in [-0.2, 0) is 27.1 Å². The topological polar surface area (TPSA) is 177 Å². The zero-order valence-electron chi connectivity index (χ0n) is 22.1. The molecule has 2 aromatic heterocycles. The molecule has 1 aromatic carbocycles. The minimum absolute atomic E-state index is 0.610. The molecule has 0 aliphatic carbocycles. The van der Waals surface area contributed by atoms with Gasteiger partial charge in [-0.3, -0.25) is 19.5 Å². The number of anilines is 1. The zero-order valence-corrected chi connectivity index (χ0v) is 22.1. The summed E-state index contributed by atoms with van der Waals surface area (Å²) >= 11 is 0. The first-order valence-corrected chi connectivity index (χ1v) is 12.5. The quantitative estimate of drug-likeness (QED) is 0.286. The predicted molar refractivity (Wildman–Crippen MR) is 141 cm³/mol. The van der Waals surface area contributed by atoms with Crippen LogP contribution in [0.3, 0.4) is 0 Å². The number of benzene rings is 1. The lowest BCUT2D eigenvalue weighted by molar-refractivity contribution is -0.170. The molecule has 0 amide bonds. The second-order valence-corrected chi connectivity index (χ2v) is 9.40. The van der Waals surface area contributed by atoms with Crippen molar-refractivity contribution in [2.75, 3.05) is 31.1 Å². The van der Waals surface area contributed by atoms with Crippen molar-refractivity contribution in [2.45, 2.75) is 31.2 Å². The Morgan fingerprint density at radius 2 is 1.55 bits per heavy atom. The van der Waals surface area contributed by atoms with Crippen molar-refractivity contribution in [3.05, 3.63) is 72.3 Å². The molecule has 0 saturated carbocycles. The van der Waals surface area contributed by atoms with Gasteiger partial charge in [-0.1, -0.05) is 6.07 Å². The van der Waals surface area contributed by atoms with E-state index >= 15 is 0 Å². The van der Waals surface area contributed by atoms with Crippen molar-refractivity contribution in [1.29, 1.82) is 0 Å². The summed E-state index contributed by atoms with van der Waals surface area (Å²) < 4.78 is 38.9. The van der Waals surface area contributed by atoms with Crippen LogP contribution >= 0.6 is 0 Å². The summed E-state index contributed by atoms with van der Waals surface area (Å²) in [6, 6.07) is 11.2. The van der Waals surface area contributed by atoms with Crippen LogP contribution in [0.4, 0.5) is 18.9 Å². The van der Waals surface area contributed by atoms with Crippen molar-refractivity contribution in [3.63, 3.8) is 0 Å². The Balaban J connectivity index is 0.000000316. The highest BCUT2D eigenvalue weighted by atomic mass is 19.4. The summed E-state index contributed by atoms with van der Waals surface area (Å²) in [4.78, 5) is 47.8. The van der Waals surface area contributed by atoms with E-state index in [1.54, 1.807) is 24.7 Å². The third kappa shape index (κ3) is 9.21. The van der Waals surface area contributed by atoms with E-state index in [2.05, 4.69) is 19.9 Å². The highest BCUT2D eigenvalue weighted by Crippen LogP contribution is 2.32. The lowest BCUT2D eigenvalue weighted by atomic mass is 9.96. The van der Waals surface area contributed by atoms with Crippen molar-refractivity contribution in [2.24, 2.45) is 0 Å². The fourth-order valence-corrected chi connectivity index (χ4v) is 4.10. The van der Waals surface area contributed by atoms with Gasteiger partial charge in [0.05, 0.1) is 24.1 Å². The second kappa shape index (κ2) is 13.8. The molecule has 12 nitrogen and oxygen atoms in total. The van der Waals surface area contributed by atoms with Crippen LogP contribution in [0.1, 0.15) is 24.1 Å². The first kappa shape index (κ1) is 31.9. The van der Waals surface area contributed by atoms with Crippen LogP contribution in [0.2, 0.25) is 0 Å². The Kier molecular flexibility index (Phi) is 10.5. The van der Waals surface area contributed by atoms with Crippen LogP contribution in [0, 0.1) is 0 Å². The van der Waals surface area contributed by atoms with Crippen LogP contribution in [-0.4, -0.2) is 90.0 Å². The van der Waals surface area contributed by atoms with Crippen molar-refractivity contribution < 1.29 is 48.0 Å². The van der Waals surface area contributed by atoms with Crippen LogP contribution in [0.15, 0.2) is 61.1 Å². The Hall–Kier alpha value is -4.63. The lowest BCUT2D eigenvalue weighted by Gasteiger charge is -2.36. The van der Waals surface area contributed by atoms with Gasteiger partial charge in [-0.15, -0.1) is 0 Å². The molecular formula is C27H28F3N5O7. The summed E-state index contributed by atoms with van der Waals surface area (Å²) in [5.41, 5.74) is -0.964. The maximum Gasteiger partial charge on any atom is 0.416 e. The predicted octanol–water partition coefficient (Wildman–Crippen LogP) is 2.63. The highest BCUT2D eigenvalue weighted by molar-refractivity contribution is 5.88. The Morgan fingerprint density at radius 1 is 0.881 bits per heavy atom. The standard InChI is InChI=1S/C21H20F3N5.C6H8O7/c22-21(23,24)17-4-1-5-19(13-17)29-11-9-28(10-12-29)15-18-6-8-26-20(27-18)16-3-2-7-25-14-16;7-3(8)1-6(13,5(11)12)2-4(9)10/h1-8,13-14H,9-12,15H2;13H,1-2H2,(H,7,8)(H,9,10)(H,11,12). The molecule has 3 aromatic rings. The first-order valence-electron chi connectivity index (χ1n) is 12.5. The summed E-state index contributed by atoms with van der Waals surface area (Å²) in [6.07, 6.45) is -1.44. The molecule has 1 aliphatic rings. The number of aromatic nitrogens is 3. The molecule has 0 atom stereocenters. The van der Waals surface area contributed by atoms with E-state index in [-0.39, 0.29) is 0 Å². The Bertz CT molecular complexity index is 1370. The van der Waals surface area contributed by atoms with Crippen LogP contribution in [0.5, 0.6) is 0 Å². The maximum atomic E-state index is 13.0. The van der Waals surface area contributed by atoms with E-state index in [9.17, 15) is 27.6 Å². The van der Waals surface area contributed by atoms with E-state index < -0.39 is 48.1 Å². The Labute approximate surface area is 237 Å². The number of nitrogens with zero attached hydrogens (tertiary/aromatic N) is 5. The number of aliphatic hydroxyl groups is 1. The number of piperazine rings is 1. The van der Waals surface area contributed by atoms with Gasteiger partial charge in [0.2, 0.25) is 0 Å². The molecule has 4 N–H and O–H groups in total. The molecule has 0 radical (unpaired) electrons. The summed E-state index contributed by atoms with van der Waals surface area (Å²) in [5, 5.41) is 33.8. The van der Waals surface area contributed by atoms with E-state index in [0.29, 0.717) is 31.1 Å². The van der Waals surface area contributed by atoms with E-state index in [1.807, 2.05) is 23.1 Å². The summed E-state index contributed by atoms with van der Waals surface area (Å²) in [6.45, 7) is 3.51. The molecule has 1 aliphatic heterocycles. The molecule has 4 rings (SSSR count). The van der Waals surface area contributed by atoms with E-state index in [4.69, 9.17) is 20.4 Å². The minimum atomic E-state index is -4.32. The SMILES string of the molecule is FC(F)(F)c1cccc(N2CCN(Cc3ccnc(-c4cccnc4)n3)CC2)c1.O=C(O)CC(O)(CC(=O)O)C(=O)O. The van der Waals surface area contributed by atoms with Crippen molar-refractivity contribution in [1.82, 2.24) is 19.9 Å². The average Bonchev–Trinajstić information content (AvgIpc) is 2.93. The molecular weight excluding hydrogens is 563 g/mol. The number of carbonyl (C=O) groups is 3. The van der Waals surface area contributed by atoms with Gasteiger partial charge < -0.3 is 25.3 Å². The number of rotatable bonds is 9. The first-order chi connectivity index (χ1) is 19.8. The Morgan fingerprint density at radius 3 is 2.10 bits per heavy atom. The smallest absolute Gasteiger partial charge is 0.416 e. The number of hydrogen-bond donors (Lipinski definition) is 4. The number of pyridine rings is 1. The minimum Gasteiger partial charge on any atom is -0.481 e. The number of carboxylic acids is 3. The number of aliphatic carboxylic acids is 3. The molecule has 0 spiro atoms. The number of hydrogen-bond acceptors (Lipinski definition) is 9. The number of alkyl halides is 3. The molecule has 15 heteroatoms. The summed E-state index contributed by atoms with van der Waals surface area (Å²) in [7, 11) is 0. The average molecular weight is 592 g/mol. The molecule has 1 saturated heterocycles. The number of carboxylic acid groups (broad SMARTS) is 3. The largest absolute Gasteiger partial charge is 0.481 e. The fourth-order valence-electron chi connectivity index (χ4n) is 4.10. The van der Waals surface area contributed by atoms with Gasteiger partial charge in [-0.2, -0.15) is 13.2 Å². The molecule has 42 heavy (non-hydrogen) atoms. The third-order valence-electron chi connectivity index (χ3n) is 6.21. The van der Waals surface area contributed by atoms with Gasteiger partial charge in [0.15, 0.2) is 11.4 Å². The molecule has 0 unspecified atom stereocenters. The van der Waals surface area contributed by atoms with Gasteiger partial charge in [-0.05, 0) is 36.4 Å². The maximum absolute atomic E-state index is 13.0. The van der Waals surface area contributed by atoms with Crippen LogP contribution in [0.25, 0.3) is 11.4 Å². The van der Waals surface area contributed by atoms with Gasteiger partial charge >= 0.3 is 24.1 Å². The van der Waals surface area contributed by atoms with Gasteiger partial charge in [0, 0.05) is 62.6 Å². The molecule has 224 valence electrons. The third-order valence-corrected chi connectivity index (χ3v) is 6.21. The monoisotopic (exact) mass is 591 g/mol. The van der Waals surface area contributed by atoms with E-state index in [1.165, 1.54) is 12.1 Å². The van der Waals surface area contributed by atoms with Gasteiger partial charge in [0.25, 0.3) is 0 Å². The fraction of sp³-hybridized carbons (Fsp3) is 0.333. The normalized spacial score (nSPS) is 14.0. The molecule has 3 heterocycles. The van der Waals surface area contributed by atoms with Gasteiger partial charge in [0.1, 0.15) is 0 Å². The van der Waals surface area contributed by atoms with Crippen molar-refractivity contribution >= 4 is 23.6 Å². The zero-order chi connectivity index (χ0) is 30.9. The highest BCUT2D eigenvalue weighted by Gasteiger charge is 2.40. The van der Waals surface area contributed by atoms with Crippen LogP contribution < -0.4 is 4.90 Å². The van der Waals surface area contributed by atoms with Crippen molar-refractivity contribution in [3.8, 4) is 11.4 Å². The van der Waals surface area contributed by atoms with Gasteiger partial charge in [-0.25, -0.2) is 14.8 Å². The van der Waals surface area contributed by atoms with E-state index in [0.717, 1.165) is 30.4 Å². The second-order valence-electron chi connectivity index (χ2n) is 9.40.